The van der Waals surface area contributed by atoms with Crippen LogP contribution >= 0.6 is 0 Å². The lowest BCUT2D eigenvalue weighted by Crippen LogP contribution is -2.56. The predicted octanol–water partition coefficient (Wildman–Crippen LogP) is 1.16. The molecule has 0 aliphatic carbocycles. The fraction of sp³-hybridized carbons (Fsp3) is 0.320. The van der Waals surface area contributed by atoms with Gasteiger partial charge in [-0.15, -0.1) is 0 Å². The van der Waals surface area contributed by atoms with Crippen LogP contribution in [0.25, 0.3) is 0 Å². The summed E-state index contributed by atoms with van der Waals surface area (Å²) in [5.41, 5.74) is 1.48. The number of esters is 1. The lowest BCUT2D eigenvalue weighted by Gasteiger charge is -2.23. The van der Waals surface area contributed by atoms with E-state index in [2.05, 4.69) is 16.0 Å². The lowest BCUT2D eigenvalue weighted by atomic mass is 10.0. The number of alkyl carbamates (subject to hydrolysis) is 1. The number of amides is 3. The number of aliphatic carboxylic acids is 1. The van der Waals surface area contributed by atoms with E-state index in [1.807, 2.05) is 6.07 Å². The Balaban J connectivity index is 1.98. The third kappa shape index (κ3) is 9.45. The van der Waals surface area contributed by atoms with Gasteiger partial charge < -0.3 is 30.5 Å². The van der Waals surface area contributed by atoms with Crippen LogP contribution in [-0.4, -0.2) is 60.2 Å². The summed E-state index contributed by atoms with van der Waals surface area (Å²) in [6.07, 6.45) is -1.52. The van der Waals surface area contributed by atoms with Crippen LogP contribution < -0.4 is 16.0 Å². The molecule has 0 radical (unpaired) electrons. The lowest BCUT2D eigenvalue weighted by molar-refractivity contribution is -0.145. The molecular weight excluding hydrogens is 470 g/mol. The number of hydrogen-bond donors (Lipinski definition) is 4. The standard InChI is InChI=1S/C25H29N3O8/c1-16(26-25(34)36-15-18-11-7-4-8-12-18)22(31)27-19(14-21(29)30)23(32)28-20(24(33)35-2)13-17-9-5-3-6-10-17/h3-12,16,19-20H,13-15H2,1-2H3,(H,26,34)(H,27,31)(H,28,32)(H,29,30)/t16-,19+,20+/m1/s1. The van der Waals surface area contributed by atoms with Gasteiger partial charge in [-0.1, -0.05) is 60.7 Å². The van der Waals surface area contributed by atoms with E-state index in [9.17, 15) is 29.1 Å². The molecule has 3 atom stereocenters. The highest BCUT2D eigenvalue weighted by molar-refractivity contribution is 5.94. The van der Waals surface area contributed by atoms with E-state index in [4.69, 9.17) is 9.47 Å². The average molecular weight is 500 g/mol. The molecule has 3 amide bonds. The number of nitrogens with one attached hydrogen (secondary N) is 3. The fourth-order valence-electron chi connectivity index (χ4n) is 3.15. The van der Waals surface area contributed by atoms with Crippen molar-refractivity contribution in [3.63, 3.8) is 0 Å². The van der Waals surface area contributed by atoms with Crippen molar-refractivity contribution < 1.29 is 38.6 Å². The SMILES string of the molecule is COC(=O)[C@H](Cc1ccccc1)NC(=O)[C@H](CC(=O)O)NC(=O)[C@@H](C)NC(=O)OCc1ccccc1. The van der Waals surface area contributed by atoms with Gasteiger partial charge in [-0.05, 0) is 18.1 Å². The first kappa shape index (κ1) is 27.8. The number of carbonyl (C=O) groups excluding carboxylic acids is 4. The van der Waals surface area contributed by atoms with Crippen molar-refractivity contribution in [2.75, 3.05) is 7.11 Å². The molecule has 0 fully saturated rings. The van der Waals surface area contributed by atoms with Crippen LogP contribution in [0.4, 0.5) is 4.79 Å². The second kappa shape index (κ2) is 14.1. The van der Waals surface area contributed by atoms with E-state index in [1.165, 1.54) is 6.92 Å². The third-order valence-electron chi connectivity index (χ3n) is 5.04. The minimum absolute atomic E-state index is 0.0125. The Morgan fingerprint density at radius 3 is 1.92 bits per heavy atom. The quantitative estimate of drug-likeness (QED) is 0.317. The molecule has 0 spiro atoms. The summed E-state index contributed by atoms with van der Waals surface area (Å²) < 4.78 is 9.80. The molecule has 0 aromatic heterocycles. The van der Waals surface area contributed by atoms with Gasteiger partial charge in [0, 0.05) is 6.42 Å². The van der Waals surface area contributed by atoms with Crippen LogP contribution in [-0.2, 0) is 41.7 Å². The van der Waals surface area contributed by atoms with Crippen molar-refractivity contribution in [2.45, 2.75) is 44.5 Å². The largest absolute Gasteiger partial charge is 0.481 e. The predicted molar refractivity (Wildman–Crippen MR) is 128 cm³/mol. The van der Waals surface area contributed by atoms with Gasteiger partial charge in [-0.3, -0.25) is 14.4 Å². The Labute approximate surface area is 208 Å². The minimum atomic E-state index is -1.51. The number of rotatable bonds is 12. The Kier molecular flexibility index (Phi) is 10.9. The van der Waals surface area contributed by atoms with Gasteiger partial charge in [0.05, 0.1) is 13.5 Å². The van der Waals surface area contributed by atoms with E-state index in [1.54, 1.807) is 54.6 Å². The number of benzene rings is 2. The number of ether oxygens (including phenoxy) is 2. The summed E-state index contributed by atoms with van der Waals surface area (Å²) in [5, 5.41) is 16.3. The summed E-state index contributed by atoms with van der Waals surface area (Å²) in [4.78, 5) is 60.9. The van der Waals surface area contributed by atoms with E-state index in [-0.39, 0.29) is 13.0 Å². The Hall–Kier alpha value is -4.41. The molecular formula is C25H29N3O8. The molecule has 0 heterocycles. The topological polar surface area (TPSA) is 160 Å². The summed E-state index contributed by atoms with van der Waals surface area (Å²) >= 11 is 0. The molecule has 11 heteroatoms. The molecule has 2 rings (SSSR count). The molecule has 4 N–H and O–H groups in total. The minimum Gasteiger partial charge on any atom is -0.481 e. The van der Waals surface area contributed by atoms with Crippen LogP contribution in [0.3, 0.4) is 0 Å². The highest BCUT2D eigenvalue weighted by Crippen LogP contribution is 2.06. The molecule has 0 unspecified atom stereocenters. The van der Waals surface area contributed by atoms with Gasteiger partial charge in [-0.25, -0.2) is 9.59 Å². The first-order chi connectivity index (χ1) is 17.2. The van der Waals surface area contributed by atoms with Crippen LogP contribution in [0.1, 0.15) is 24.5 Å². The smallest absolute Gasteiger partial charge is 0.408 e. The Bertz CT molecular complexity index is 1050. The number of hydrogen-bond acceptors (Lipinski definition) is 7. The summed E-state index contributed by atoms with van der Waals surface area (Å²) in [5.74, 6) is -3.79. The summed E-state index contributed by atoms with van der Waals surface area (Å²) in [7, 11) is 1.16. The second-order valence-electron chi connectivity index (χ2n) is 7.86. The maximum Gasteiger partial charge on any atom is 0.408 e. The van der Waals surface area contributed by atoms with E-state index in [0.717, 1.165) is 18.2 Å². The molecule has 0 bridgehead atoms. The van der Waals surface area contributed by atoms with Crippen molar-refractivity contribution in [1.82, 2.24) is 16.0 Å². The number of carbonyl (C=O) groups is 5. The number of carboxylic acids is 1. The monoisotopic (exact) mass is 499 g/mol. The van der Waals surface area contributed by atoms with Gasteiger partial charge in [0.1, 0.15) is 24.7 Å². The van der Waals surface area contributed by atoms with Crippen LogP contribution in [0, 0.1) is 0 Å². The molecule has 11 nitrogen and oxygen atoms in total. The Morgan fingerprint density at radius 1 is 0.806 bits per heavy atom. The van der Waals surface area contributed by atoms with E-state index in [0.29, 0.717) is 0 Å². The van der Waals surface area contributed by atoms with Crippen LogP contribution in [0.2, 0.25) is 0 Å². The van der Waals surface area contributed by atoms with Crippen molar-refractivity contribution in [3.05, 3.63) is 71.8 Å². The van der Waals surface area contributed by atoms with Gasteiger partial charge in [-0.2, -0.15) is 0 Å². The number of carboxylic acid groups (broad SMARTS) is 1. The first-order valence-corrected chi connectivity index (χ1v) is 11.1. The molecule has 0 saturated heterocycles. The second-order valence-corrected chi connectivity index (χ2v) is 7.86. The maximum atomic E-state index is 12.8. The maximum absolute atomic E-state index is 12.8. The van der Waals surface area contributed by atoms with Crippen molar-refractivity contribution >= 4 is 29.8 Å². The van der Waals surface area contributed by atoms with E-state index >= 15 is 0 Å². The number of methoxy groups -OCH3 is 1. The van der Waals surface area contributed by atoms with Crippen LogP contribution in [0.5, 0.6) is 0 Å². The zero-order valence-electron chi connectivity index (χ0n) is 19.9. The zero-order valence-corrected chi connectivity index (χ0v) is 19.9. The van der Waals surface area contributed by atoms with Gasteiger partial charge in [0.2, 0.25) is 11.8 Å². The van der Waals surface area contributed by atoms with Gasteiger partial charge in [0.25, 0.3) is 0 Å². The summed E-state index contributed by atoms with van der Waals surface area (Å²) in [6, 6.07) is 14.0. The third-order valence-corrected chi connectivity index (χ3v) is 5.04. The normalized spacial score (nSPS) is 12.8. The highest BCUT2D eigenvalue weighted by Gasteiger charge is 2.30. The zero-order chi connectivity index (χ0) is 26.5. The molecule has 0 aliphatic heterocycles. The average Bonchev–Trinajstić information content (AvgIpc) is 2.87. The molecule has 0 aliphatic rings. The fourth-order valence-corrected chi connectivity index (χ4v) is 3.15. The van der Waals surface area contributed by atoms with Crippen molar-refractivity contribution in [1.29, 1.82) is 0 Å². The first-order valence-electron chi connectivity index (χ1n) is 11.1. The van der Waals surface area contributed by atoms with Crippen molar-refractivity contribution in [2.24, 2.45) is 0 Å². The molecule has 2 aromatic carbocycles. The highest BCUT2D eigenvalue weighted by atomic mass is 16.5. The summed E-state index contributed by atoms with van der Waals surface area (Å²) in [6.45, 7) is 1.34. The Morgan fingerprint density at radius 2 is 1.36 bits per heavy atom. The molecule has 0 saturated carbocycles. The van der Waals surface area contributed by atoms with Gasteiger partial charge in [0.15, 0.2) is 0 Å². The van der Waals surface area contributed by atoms with Gasteiger partial charge >= 0.3 is 18.0 Å². The molecule has 2 aromatic rings. The molecule has 36 heavy (non-hydrogen) atoms. The van der Waals surface area contributed by atoms with Crippen LogP contribution in [0.15, 0.2) is 60.7 Å². The van der Waals surface area contributed by atoms with E-state index < -0.39 is 54.4 Å². The molecule has 192 valence electrons. The van der Waals surface area contributed by atoms with Crippen molar-refractivity contribution in [3.8, 4) is 0 Å².